The second kappa shape index (κ2) is 6.26. The van der Waals surface area contributed by atoms with E-state index in [1.807, 2.05) is 4.72 Å². The summed E-state index contributed by atoms with van der Waals surface area (Å²) in [6.45, 7) is 0. The van der Waals surface area contributed by atoms with Crippen LogP contribution in [0.2, 0.25) is 0 Å². The molecule has 0 unspecified atom stereocenters. The Kier molecular flexibility index (Phi) is 4.41. The van der Waals surface area contributed by atoms with Crippen molar-refractivity contribution in [1.29, 1.82) is 0 Å². The van der Waals surface area contributed by atoms with Gasteiger partial charge in [-0.1, -0.05) is 0 Å². The van der Waals surface area contributed by atoms with Gasteiger partial charge in [-0.3, -0.25) is 4.79 Å². The molecule has 8 nitrogen and oxygen atoms in total. The zero-order valence-corrected chi connectivity index (χ0v) is 14.2. The van der Waals surface area contributed by atoms with Crippen LogP contribution in [0.5, 0.6) is 5.75 Å². The van der Waals surface area contributed by atoms with E-state index in [1.54, 1.807) is 0 Å². The fraction of sp³-hybridized carbons (Fsp3) is 0.467. The van der Waals surface area contributed by atoms with E-state index in [-0.39, 0.29) is 23.4 Å². The number of benzene rings is 1. The molecule has 0 aliphatic carbocycles. The number of carbonyl (C=O) groups excluding carboxylic acids is 1. The van der Waals surface area contributed by atoms with E-state index in [9.17, 15) is 22.4 Å². The van der Waals surface area contributed by atoms with Crippen LogP contribution in [0.1, 0.15) is 46.4 Å². The Morgan fingerprint density at radius 2 is 1.76 bits per heavy atom. The lowest BCUT2D eigenvalue weighted by Gasteiger charge is -2.21. The lowest BCUT2D eigenvalue weighted by molar-refractivity contribution is 0.0690. The number of halogens is 1. The number of hydrogen-bond acceptors (Lipinski definition) is 5. The molecule has 0 spiro atoms. The van der Waals surface area contributed by atoms with Crippen molar-refractivity contribution in [3.05, 3.63) is 29.1 Å². The van der Waals surface area contributed by atoms with Crippen molar-refractivity contribution in [2.45, 2.75) is 37.8 Å². The van der Waals surface area contributed by atoms with Gasteiger partial charge in [-0.2, -0.15) is 12.7 Å². The highest BCUT2D eigenvalue weighted by atomic mass is 32.2. The molecule has 2 aliphatic heterocycles. The molecule has 2 heterocycles. The molecule has 3 rings (SSSR count). The predicted octanol–water partition coefficient (Wildman–Crippen LogP) is 1.13. The van der Waals surface area contributed by atoms with Crippen LogP contribution in [0.25, 0.3) is 0 Å². The Labute approximate surface area is 143 Å². The van der Waals surface area contributed by atoms with Crippen LogP contribution in [0.4, 0.5) is 4.39 Å². The molecular weight excluding hydrogens is 355 g/mol. The molecule has 1 aromatic rings. The van der Waals surface area contributed by atoms with Crippen molar-refractivity contribution < 1.29 is 32.2 Å². The lowest BCUT2D eigenvalue weighted by atomic mass is 10.0. The Bertz CT molecular complexity index is 821. The van der Waals surface area contributed by atoms with Crippen LogP contribution in [0.3, 0.4) is 0 Å². The minimum atomic E-state index is -4.07. The SMILES string of the molecule is COc1cc(C(=O)O)c(F)cc1C(=O)NS(=O)(=O)N1C2CCC1CC2. The number of carboxylic acid groups (broad SMARTS) is 1. The quantitative estimate of drug-likeness (QED) is 0.801. The van der Waals surface area contributed by atoms with Crippen LogP contribution in [-0.2, 0) is 10.2 Å². The summed E-state index contributed by atoms with van der Waals surface area (Å²) in [7, 11) is -2.90. The standard InChI is InChI=1S/C15H17FN2O6S/c1-24-13-7-10(15(20)21)12(16)6-11(13)14(19)17-25(22,23)18-8-2-3-9(18)5-4-8/h6-9H,2-5H2,1H3,(H,17,19)(H,20,21). The van der Waals surface area contributed by atoms with Crippen LogP contribution < -0.4 is 9.46 Å². The topological polar surface area (TPSA) is 113 Å². The molecular formula is C15H17FN2O6S. The van der Waals surface area contributed by atoms with Gasteiger partial charge in [0, 0.05) is 12.1 Å². The van der Waals surface area contributed by atoms with E-state index in [2.05, 4.69) is 0 Å². The van der Waals surface area contributed by atoms with E-state index in [4.69, 9.17) is 9.84 Å². The largest absolute Gasteiger partial charge is 0.496 e. The minimum absolute atomic E-state index is 0.122. The molecule has 0 radical (unpaired) electrons. The number of rotatable bonds is 5. The van der Waals surface area contributed by atoms with Gasteiger partial charge in [-0.05, 0) is 37.8 Å². The summed E-state index contributed by atoms with van der Waals surface area (Å²) in [6.07, 6.45) is 3.02. The summed E-state index contributed by atoms with van der Waals surface area (Å²) in [5.41, 5.74) is -1.06. The summed E-state index contributed by atoms with van der Waals surface area (Å²) in [6, 6.07) is 1.26. The number of amides is 1. The van der Waals surface area contributed by atoms with Crippen molar-refractivity contribution in [2.24, 2.45) is 0 Å². The summed E-state index contributed by atoms with van der Waals surface area (Å²) < 4.78 is 47.0. The second-order valence-corrected chi connectivity index (χ2v) is 7.64. The molecule has 25 heavy (non-hydrogen) atoms. The summed E-state index contributed by atoms with van der Waals surface area (Å²) in [5, 5.41) is 8.91. The summed E-state index contributed by atoms with van der Waals surface area (Å²) in [5.74, 6) is -3.98. The average molecular weight is 372 g/mol. The first-order valence-electron chi connectivity index (χ1n) is 7.71. The first-order valence-corrected chi connectivity index (χ1v) is 9.15. The highest BCUT2D eigenvalue weighted by Gasteiger charge is 2.46. The third-order valence-corrected chi connectivity index (χ3v) is 6.24. The first kappa shape index (κ1) is 17.6. The lowest BCUT2D eigenvalue weighted by Crippen LogP contribution is -2.45. The van der Waals surface area contributed by atoms with Crippen LogP contribution in [0.15, 0.2) is 12.1 Å². The fourth-order valence-electron chi connectivity index (χ4n) is 3.55. The number of ether oxygens (including phenoxy) is 1. The molecule has 0 saturated carbocycles. The molecule has 1 amide bonds. The Balaban J connectivity index is 1.88. The number of methoxy groups -OCH3 is 1. The van der Waals surface area contributed by atoms with Crippen molar-refractivity contribution in [2.75, 3.05) is 7.11 Å². The van der Waals surface area contributed by atoms with E-state index in [0.717, 1.165) is 31.7 Å². The first-order chi connectivity index (χ1) is 11.7. The number of aromatic carboxylic acids is 1. The molecule has 0 atom stereocenters. The van der Waals surface area contributed by atoms with Crippen LogP contribution in [0, 0.1) is 5.82 Å². The Hall–Kier alpha value is -2.20. The summed E-state index contributed by atoms with van der Waals surface area (Å²) in [4.78, 5) is 23.3. The smallest absolute Gasteiger partial charge is 0.338 e. The van der Waals surface area contributed by atoms with Gasteiger partial charge >= 0.3 is 16.2 Å². The molecule has 2 saturated heterocycles. The molecule has 10 heteroatoms. The molecule has 2 bridgehead atoms. The second-order valence-electron chi connectivity index (χ2n) is 6.07. The van der Waals surface area contributed by atoms with Gasteiger partial charge in [0.1, 0.15) is 11.6 Å². The molecule has 2 aliphatic rings. The fourth-order valence-corrected chi connectivity index (χ4v) is 5.20. The van der Waals surface area contributed by atoms with Crippen molar-refractivity contribution >= 4 is 22.1 Å². The number of nitrogens with one attached hydrogen (secondary N) is 1. The molecule has 136 valence electrons. The van der Waals surface area contributed by atoms with E-state index in [1.165, 1.54) is 11.4 Å². The van der Waals surface area contributed by atoms with Crippen molar-refractivity contribution in [3.63, 3.8) is 0 Å². The third-order valence-electron chi connectivity index (χ3n) is 4.65. The highest BCUT2D eigenvalue weighted by Crippen LogP contribution is 2.39. The number of nitrogens with zero attached hydrogens (tertiary/aromatic N) is 1. The summed E-state index contributed by atoms with van der Waals surface area (Å²) >= 11 is 0. The Morgan fingerprint density at radius 3 is 2.24 bits per heavy atom. The predicted molar refractivity (Wildman–Crippen MR) is 84.2 cm³/mol. The Morgan fingerprint density at radius 1 is 1.20 bits per heavy atom. The number of fused-ring (bicyclic) bond motifs is 2. The number of carboxylic acids is 1. The monoisotopic (exact) mass is 372 g/mol. The van der Waals surface area contributed by atoms with E-state index in [0.29, 0.717) is 6.07 Å². The molecule has 0 aromatic heterocycles. The zero-order valence-electron chi connectivity index (χ0n) is 13.4. The van der Waals surface area contributed by atoms with Gasteiger partial charge in [0.2, 0.25) is 0 Å². The maximum Gasteiger partial charge on any atom is 0.338 e. The van der Waals surface area contributed by atoms with Crippen molar-refractivity contribution in [3.8, 4) is 5.75 Å². The third kappa shape index (κ3) is 3.07. The maximum absolute atomic E-state index is 13.9. The maximum atomic E-state index is 13.9. The van der Waals surface area contributed by atoms with Gasteiger partial charge in [-0.15, -0.1) is 0 Å². The average Bonchev–Trinajstić information content (AvgIpc) is 3.15. The van der Waals surface area contributed by atoms with Gasteiger partial charge in [0.05, 0.1) is 18.2 Å². The van der Waals surface area contributed by atoms with Crippen molar-refractivity contribution in [1.82, 2.24) is 9.03 Å². The van der Waals surface area contributed by atoms with Gasteiger partial charge in [-0.25, -0.2) is 13.9 Å². The molecule has 1 aromatic carbocycles. The molecule has 2 N–H and O–H groups in total. The zero-order chi connectivity index (χ0) is 18.4. The number of hydrogen-bond donors (Lipinski definition) is 2. The van der Waals surface area contributed by atoms with Crippen LogP contribution in [-0.4, -0.2) is 48.9 Å². The van der Waals surface area contributed by atoms with Gasteiger partial charge in [0.15, 0.2) is 0 Å². The van der Waals surface area contributed by atoms with Crippen LogP contribution >= 0.6 is 0 Å². The minimum Gasteiger partial charge on any atom is -0.496 e. The van der Waals surface area contributed by atoms with E-state index < -0.39 is 33.5 Å². The van der Waals surface area contributed by atoms with E-state index >= 15 is 0 Å². The molecule has 2 fully saturated rings. The van der Waals surface area contributed by atoms with Gasteiger partial charge < -0.3 is 9.84 Å². The highest BCUT2D eigenvalue weighted by molar-refractivity contribution is 7.87. The number of carbonyl (C=O) groups is 2. The van der Waals surface area contributed by atoms with Gasteiger partial charge in [0.25, 0.3) is 5.91 Å². The normalized spacial score (nSPS) is 22.8.